The van der Waals surface area contributed by atoms with Gasteiger partial charge in [-0.05, 0) is 18.4 Å². The third-order valence-electron chi connectivity index (χ3n) is 4.19. The molecule has 0 spiro atoms. The van der Waals surface area contributed by atoms with Crippen LogP contribution in [0.5, 0.6) is 0 Å². The number of hydrogen-bond acceptors (Lipinski definition) is 4. The van der Waals surface area contributed by atoms with Crippen molar-refractivity contribution in [2.75, 3.05) is 19.8 Å². The van der Waals surface area contributed by atoms with Crippen LogP contribution in [0.3, 0.4) is 0 Å². The molecule has 1 amide bonds. The van der Waals surface area contributed by atoms with Crippen LogP contribution in [0.15, 0.2) is 30.3 Å². The van der Waals surface area contributed by atoms with Gasteiger partial charge in [-0.2, -0.15) is 0 Å². The van der Waals surface area contributed by atoms with Crippen LogP contribution in [-0.4, -0.2) is 36.6 Å². The number of fused-ring (bicyclic) bond motifs is 1. The van der Waals surface area contributed by atoms with E-state index in [1.54, 1.807) is 0 Å². The monoisotopic (exact) mass is 277 g/mol. The van der Waals surface area contributed by atoms with E-state index in [9.17, 15) is 9.90 Å². The maximum absolute atomic E-state index is 11.7. The Kier molecular flexibility index (Phi) is 3.40. The van der Waals surface area contributed by atoms with Crippen molar-refractivity contribution < 1.29 is 19.4 Å². The summed E-state index contributed by atoms with van der Waals surface area (Å²) in [7, 11) is 0. The lowest BCUT2D eigenvalue weighted by Crippen LogP contribution is -2.51. The molecule has 2 saturated heterocycles. The predicted octanol–water partition coefficient (Wildman–Crippen LogP) is 1.45. The zero-order valence-electron chi connectivity index (χ0n) is 11.3. The highest BCUT2D eigenvalue weighted by Crippen LogP contribution is 2.57. The number of benzene rings is 1. The van der Waals surface area contributed by atoms with E-state index in [-0.39, 0.29) is 24.2 Å². The number of ether oxygens (including phenoxy) is 2. The Morgan fingerprint density at radius 1 is 1.35 bits per heavy atom. The number of amides is 1. The highest BCUT2D eigenvalue weighted by atomic mass is 16.5. The van der Waals surface area contributed by atoms with Crippen molar-refractivity contribution in [2.24, 2.45) is 5.41 Å². The number of nitrogens with one attached hydrogen (secondary N) is 1. The first-order chi connectivity index (χ1) is 9.65. The first-order valence-corrected chi connectivity index (χ1v) is 6.85. The number of alkyl carbamates (subject to hydrolysis) is 1. The van der Waals surface area contributed by atoms with E-state index >= 15 is 0 Å². The molecule has 1 aromatic carbocycles. The standard InChI is InChI=1S/C15H19NO4/c17-10-15-7-14(8-15,11-20-15)9-16-13(18)19-6-12-4-2-1-3-5-12/h1-5,17H,6-11H2,(H,16,18). The molecule has 0 aromatic heterocycles. The minimum absolute atomic E-state index is 0.00546. The molecule has 5 heteroatoms. The summed E-state index contributed by atoms with van der Waals surface area (Å²) >= 11 is 0. The Balaban J connectivity index is 1.40. The van der Waals surface area contributed by atoms with E-state index in [0.717, 1.165) is 18.4 Å². The van der Waals surface area contributed by atoms with Crippen LogP contribution in [0.1, 0.15) is 18.4 Å². The van der Waals surface area contributed by atoms with E-state index in [1.807, 2.05) is 30.3 Å². The van der Waals surface area contributed by atoms with Gasteiger partial charge in [0, 0.05) is 12.0 Å². The van der Waals surface area contributed by atoms with Gasteiger partial charge in [0.1, 0.15) is 6.61 Å². The Hall–Kier alpha value is -1.59. The van der Waals surface area contributed by atoms with Gasteiger partial charge < -0.3 is 19.9 Å². The molecular formula is C15H19NO4. The molecule has 2 bridgehead atoms. The molecular weight excluding hydrogens is 258 g/mol. The lowest BCUT2D eigenvalue weighted by atomic mass is 9.63. The smallest absolute Gasteiger partial charge is 0.407 e. The van der Waals surface area contributed by atoms with Gasteiger partial charge in [0.05, 0.1) is 18.8 Å². The number of aliphatic hydroxyl groups excluding tert-OH is 1. The van der Waals surface area contributed by atoms with Gasteiger partial charge in [0.15, 0.2) is 0 Å². The summed E-state index contributed by atoms with van der Waals surface area (Å²) in [5, 5.41) is 12.0. The first kappa shape index (κ1) is 13.4. The average molecular weight is 277 g/mol. The van der Waals surface area contributed by atoms with Crippen LogP contribution < -0.4 is 5.32 Å². The third-order valence-corrected chi connectivity index (χ3v) is 4.19. The topological polar surface area (TPSA) is 67.8 Å². The van der Waals surface area contributed by atoms with Crippen LogP contribution >= 0.6 is 0 Å². The summed E-state index contributed by atoms with van der Waals surface area (Å²) in [6.07, 6.45) is 1.22. The average Bonchev–Trinajstić information content (AvgIpc) is 3.00. The molecule has 5 nitrogen and oxygen atoms in total. The van der Waals surface area contributed by atoms with E-state index in [1.165, 1.54) is 0 Å². The fraction of sp³-hybridized carbons (Fsp3) is 0.533. The Morgan fingerprint density at radius 3 is 2.75 bits per heavy atom. The van der Waals surface area contributed by atoms with Gasteiger partial charge in [-0.3, -0.25) is 0 Å². The van der Waals surface area contributed by atoms with Crippen molar-refractivity contribution in [1.29, 1.82) is 0 Å². The Labute approximate surface area is 117 Å². The van der Waals surface area contributed by atoms with Crippen molar-refractivity contribution in [2.45, 2.75) is 25.0 Å². The molecule has 20 heavy (non-hydrogen) atoms. The van der Waals surface area contributed by atoms with Crippen molar-refractivity contribution in [3.63, 3.8) is 0 Å². The number of rotatable bonds is 5. The van der Waals surface area contributed by atoms with Gasteiger partial charge in [0.2, 0.25) is 0 Å². The van der Waals surface area contributed by atoms with E-state index in [2.05, 4.69) is 5.32 Å². The van der Waals surface area contributed by atoms with Crippen molar-refractivity contribution in [3.05, 3.63) is 35.9 Å². The van der Waals surface area contributed by atoms with Gasteiger partial charge >= 0.3 is 6.09 Å². The van der Waals surface area contributed by atoms with Crippen molar-refractivity contribution in [3.8, 4) is 0 Å². The highest BCUT2D eigenvalue weighted by molar-refractivity contribution is 5.67. The van der Waals surface area contributed by atoms with Gasteiger partial charge in [-0.15, -0.1) is 0 Å². The second-order valence-corrected chi connectivity index (χ2v) is 5.90. The van der Waals surface area contributed by atoms with Crippen LogP contribution in [-0.2, 0) is 16.1 Å². The minimum Gasteiger partial charge on any atom is -0.445 e. The molecule has 108 valence electrons. The lowest BCUT2D eigenvalue weighted by Gasteiger charge is -2.43. The Bertz CT molecular complexity index is 482. The number of carbonyl (C=O) groups excluding carboxylic acids is 1. The highest BCUT2D eigenvalue weighted by Gasteiger charge is 2.61. The summed E-state index contributed by atoms with van der Waals surface area (Å²) < 4.78 is 10.7. The largest absolute Gasteiger partial charge is 0.445 e. The minimum atomic E-state index is -0.406. The molecule has 1 aromatic rings. The molecule has 1 aliphatic carbocycles. The summed E-state index contributed by atoms with van der Waals surface area (Å²) in [5.74, 6) is 0. The summed E-state index contributed by atoms with van der Waals surface area (Å²) in [4.78, 5) is 11.7. The van der Waals surface area contributed by atoms with Gasteiger partial charge in [-0.1, -0.05) is 30.3 Å². The molecule has 2 heterocycles. The SMILES string of the molecule is O=C(NCC12COC(CO)(C1)C2)OCc1ccccc1. The van der Waals surface area contributed by atoms with E-state index in [4.69, 9.17) is 9.47 Å². The Morgan fingerprint density at radius 2 is 2.10 bits per heavy atom. The zero-order valence-corrected chi connectivity index (χ0v) is 11.3. The first-order valence-electron chi connectivity index (χ1n) is 6.85. The molecule has 0 radical (unpaired) electrons. The molecule has 0 atom stereocenters. The van der Waals surface area contributed by atoms with Gasteiger partial charge in [-0.25, -0.2) is 4.79 Å². The van der Waals surface area contributed by atoms with Crippen LogP contribution in [0.2, 0.25) is 0 Å². The molecule has 3 aliphatic rings. The molecule has 2 aliphatic heterocycles. The van der Waals surface area contributed by atoms with Crippen molar-refractivity contribution in [1.82, 2.24) is 5.32 Å². The van der Waals surface area contributed by atoms with Crippen LogP contribution in [0, 0.1) is 5.41 Å². The number of aliphatic hydroxyl groups is 1. The second kappa shape index (κ2) is 5.07. The second-order valence-electron chi connectivity index (χ2n) is 5.90. The van der Waals surface area contributed by atoms with Crippen molar-refractivity contribution >= 4 is 6.09 Å². The number of carbonyl (C=O) groups is 1. The van der Waals surface area contributed by atoms with E-state index in [0.29, 0.717) is 13.2 Å². The quantitative estimate of drug-likeness (QED) is 0.855. The zero-order chi connectivity index (χ0) is 14.1. The molecule has 1 saturated carbocycles. The van der Waals surface area contributed by atoms with Crippen LogP contribution in [0.4, 0.5) is 4.79 Å². The third kappa shape index (κ3) is 2.51. The fourth-order valence-electron chi connectivity index (χ4n) is 3.19. The fourth-order valence-corrected chi connectivity index (χ4v) is 3.19. The predicted molar refractivity (Wildman–Crippen MR) is 72.1 cm³/mol. The van der Waals surface area contributed by atoms with E-state index < -0.39 is 6.09 Å². The summed E-state index contributed by atoms with van der Waals surface area (Å²) in [6.45, 7) is 1.48. The van der Waals surface area contributed by atoms with Crippen LogP contribution in [0.25, 0.3) is 0 Å². The number of hydrogen-bond donors (Lipinski definition) is 2. The summed E-state index contributed by atoms with van der Waals surface area (Å²) in [6, 6.07) is 9.58. The summed E-state index contributed by atoms with van der Waals surface area (Å²) in [5.41, 5.74) is 0.623. The molecule has 0 unspecified atom stereocenters. The molecule has 2 N–H and O–H groups in total. The molecule has 3 fully saturated rings. The molecule has 4 rings (SSSR count). The normalized spacial score (nSPS) is 30.6. The maximum Gasteiger partial charge on any atom is 0.407 e. The van der Waals surface area contributed by atoms with Gasteiger partial charge in [0.25, 0.3) is 0 Å². The maximum atomic E-state index is 11.7. The lowest BCUT2D eigenvalue weighted by molar-refractivity contribution is -0.0576.